The lowest BCUT2D eigenvalue weighted by atomic mass is 10.0. The smallest absolute Gasteiger partial charge is 0.410 e. The van der Waals surface area contributed by atoms with Crippen LogP contribution in [-0.2, 0) is 14.4 Å². The number of carbonyl (C=O) groups is 3. The molecule has 2 aliphatic heterocycles. The van der Waals surface area contributed by atoms with Crippen molar-refractivity contribution in [2.75, 3.05) is 26.2 Å². The molecule has 0 spiro atoms. The molecule has 0 radical (unpaired) electrons. The molecule has 0 aromatic carbocycles. The lowest BCUT2D eigenvalue weighted by molar-refractivity contribution is -0.139. The van der Waals surface area contributed by atoms with Crippen molar-refractivity contribution >= 4 is 18.0 Å². The van der Waals surface area contributed by atoms with Crippen molar-refractivity contribution in [3.63, 3.8) is 0 Å². The number of rotatable bonds is 6. The van der Waals surface area contributed by atoms with E-state index in [1.807, 2.05) is 6.92 Å². The van der Waals surface area contributed by atoms with Crippen LogP contribution in [0.5, 0.6) is 0 Å². The lowest BCUT2D eigenvalue weighted by Gasteiger charge is -2.29. The number of likely N-dealkylation sites (N-methyl/N-ethyl adjacent to an activating group) is 1. The summed E-state index contributed by atoms with van der Waals surface area (Å²) < 4.78 is 5.29. The summed E-state index contributed by atoms with van der Waals surface area (Å²) in [4.78, 5) is 44.1. The Morgan fingerprint density at radius 3 is 2.65 bits per heavy atom. The maximum Gasteiger partial charge on any atom is 0.410 e. The molecule has 0 aromatic heterocycles. The minimum atomic E-state index is -0.663. The van der Waals surface area contributed by atoms with Crippen LogP contribution in [0.4, 0.5) is 9.59 Å². The Kier molecular flexibility index (Phi) is 6.30. The molecule has 0 aromatic rings. The van der Waals surface area contributed by atoms with Gasteiger partial charge in [0, 0.05) is 19.6 Å². The van der Waals surface area contributed by atoms with E-state index < -0.39 is 29.7 Å². The second kappa shape index (κ2) is 8.09. The zero-order valence-corrected chi connectivity index (χ0v) is 15.7. The van der Waals surface area contributed by atoms with Crippen molar-refractivity contribution in [2.24, 2.45) is 0 Å². The van der Waals surface area contributed by atoms with Crippen molar-refractivity contribution < 1.29 is 29.2 Å². The van der Waals surface area contributed by atoms with Gasteiger partial charge in [0.25, 0.3) is 5.91 Å². The van der Waals surface area contributed by atoms with E-state index in [1.165, 1.54) is 9.80 Å². The first kappa shape index (κ1) is 20.2. The zero-order chi connectivity index (χ0) is 19.5. The fourth-order valence-electron chi connectivity index (χ4n) is 2.97. The van der Waals surface area contributed by atoms with Crippen molar-refractivity contribution in [2.45, 2.75) is 58.2 Å². The second-order valence-electron chi connectivity index (χ2n) is 7.40. The molecule has 2 fully saturated rings. The Bertz CT molecular complexity index is 549. The summed E-state index contributed by atoms with van der Waals surface area (Å²) in [6, 6.07) is -1.47. The van der Waals surface area contributed by atoms with Gasteiger partial charge in [0.1, 0.15) is 11.6 Å². The molecule has 148 valence electrons. The molecule has 10 nitrogen and oxygen atoms in total. The Hall–Kier alpha value is -2.07. The molecular weight excluding hydrogens is 344 g/mol. The Labute approximate surface area is 152 Å². The van der Waals surface area contributed by atoms with Crippen molar-refractivity contribution in [3.05, 3.63) is 0 Å². The second-order valence-corrected chi connectivity index (χ2v) is 7.40. The van der Waals surface area contributed by atoms with Crippen LogP contribution in [0.3, 0.4) is 0 Å². The summed E-state index contributed by atoms with van der Waals surface area (Å²) in [6.07, 6.45) is 0.569. The van der Waals surface area contributed by atoms with Crippen molar-refractivity contribution in [1.29, 1.82) is 0 Å². The predicted octanol–water partition coefficient (Wildman–Crippen LogP) is 0.949. The van der Waals surface area contributed by atoms with Crippen LogP contribution in [0.2, 0.25) is 0 Å². The zero-order valence-electron chi connectivity index (χ0n) is 15.7. The molecule has 26 heavy (non-hydrogen) atoms. The number of hydroxylamine groups is 3. The fraction of sp³-hybridized carbons (Fsp3) is 0.812. The molecule has 0 unspecified atom stereocenters. The average Bonchev–Trinajstić information content (AvgIpc) is 2.77. The Morgan fingerprint density at radius 2 is 2.04 bits per heavy atom. The topological polar surface area (TPSA) is 112 Å². The highest BCUT2D eigenvalue weighted by atomic mass is 16.7. The molecule has 2 saturated heterocycles. The fourth-order valence-corrected chi connectivity index (χ4v) is 2.97. The quantitative estimate of drug-likeness (QED) is 0.408. The summed E-state index contributed by atoms with van der Waals surface area (Å²) in [7, 11) is 0. The molecule has 2 heterocycles. The van der Waals surface area contributed by atoms with Crippen LogP contribution in [0.15, 0.2) is 0 Å². The van der Waals surface area contributed by atoms with E-state index in [0.29, 0.717) is 31.0 Å². The van der Waals surface area contributed by atoms with Crippen LogP contribution >= 0.6 is 0 Å². The van der Waals surface area contributed by atoms with E-state index in [2.05, 4.69) is 5.48 Å². The van der Waals surface area contributed by atoms with E-state index in [4.69, 9.17) is 9.57 Å². The van der Waals surface area contributed by atoms with Gasteiger partial charge >= 0.3 is 12.1 Å². The number of ether oxygens (including phenoxy) is 1. The maximum absolute atomic E-state index is 12.2. The third kappa shape index (κ3) is 4.76. The minimum Gasteiger partial charge on any atom is -0.444 e. The molecular formula is C16H28N4O6. The van der Waals surface area contributed by atoms with Gasteiger partial charge in [-0.15, -0.1) is 0 Å². The summed E-state index contributed by atoms with van der Waals surface area (Å²) in [5.41, 5.74) is 1.74. The van der Waals surface area contributed by atoms with E-state index in [9.17, 15) is 19.6 Å². The van der Waals surface area contributed by atoms with Crippen LogP contribution in [-0.4, -0.2) is 82.0 Å². The molecule has 2 N–H and O–H groups in total. The molecule has 10 heteroatoms. The summed E-state index contributed by atoms with van der Waals surface area (Å²) >= 11 is 0. The van der Waals surface area contributed by atoms with Gasteiger partial charge in [-0.3, -0.25) is 14.8 Å². The number of nitrogens with zero attached hydrogens (tertiary/aromatic N) is 3. The van der Waals surface area contributed by atoms with Crippen LogP contribution < -0.4 is 5.48 Å². The van der Waals surface area contributed by atoms with Gasteiger partial charge in [0.15, 0.2) is 0 Å². The number of piperidine rings is 1. The SMILES string of the molecule is CCN(CCONC(=O)[C@@H]1CC[C@@H]2CN1C(=O)N2O)C(=O)OC(C)(C)C. The third-order valence-electron chi connectivity index (χ3n) is 4.32. The molecule has 0 saturated carbocycles. The molecule has 2 rings (SSSR count). The van der Waals surface area contributed by atoms with E-state index in [-0.39, 0.29) is 19.2 Å². The molecule has 2 bridgehead atoms. The number of amides is 4. The maximum atomic E-state index is 12.2. The van der Waals surface area contributed by atoms with Crippen LogP contribution in [0.1, 0.15) is 40.5 Å². The normalized spacial score (nSPS) is 22.4. The molecule has 2 aliphatic rings. The molecule has 2 atom stereocenters. The summed E-state index contributed by atoms with van der Waals surface area (Å²) in [5.74, 6) is -0.438. The standard InChI is InChI=1S/C16H28N4O6/c1-5-18(15(23)26-16(2,3)4)8-9-25-17-13(21)12-7-6-11-10-19(12)14(22)20(11)24/h11-12,24H,5-10H2,1-4H3,(H,17,21)/t11-,12+/m1/s1. The van der Waals surface area contributed by atoms with E-state index >= 15 is 0 Å². The van der Waals surface area contributed by atoms with Crippen LogP contribution in [0, 0.1) is 0 Å². The van der Waals surface area contributed by atoms with Crippen molar-refractivity contribution in [3.8, 4) is 0 Å². The predicted molar refractivity (Wildman–Crippen MR) is 90.1 cm³/mol. The van der Waals surface area contributed by atoms with Gasteiger partial charge in [-0.2, -0.15) is 0 Å². The first-order valence-electron chi connectivity index (χ1n) is 8.82. The monoisotopic (exact) mass is 372 g/mol. The van der Waals surface area contributed by atoms with Gasteiger partial charge in [0.2, 0.25) is 0 Å². The number of hydrogen-bond acceptors (Lipinski definition) is 6. The third-order valence-corrected chi connectivity index (χ3v) is 4.32. The largest absolute Gasteiger partial charge is 0.444 e. The highest BCUT2D eigenvalue weighted by Gasteiger charge is 2.46. The van der Waals surface area contributed by atoms with E-state index in [0.717, 1.165) is 0 Å². The van der Waals surface area contributed by atoms with Crippen LogP contribution in [0.25, 0.3) is 0 Å². The first-order chi connectivity index (χ1) is 12.1. The van der Waals surface area contributed by atoms with Crippen molar-refractivity contribution in [1.82, 2.24) is 20.3 Å². The number of nitrogens with one attached hydrogen (secondary N) is 1. The Morgan fingerprint density at radius 1 is 1.35 bits per heavy atom. The number of urea groups is 1. The number of hydrogen-bond donors (Lipinski definition) is 2. The summed E-state index contributed by atoms with van der Waals surface area (Å²) in [5, 5.41) is 10.3. The lowest BCUT2D eigenvalue weighted by Crippen LogP contribution is -2.50. The van der Waals surface area contributed by atoms with Gasteiger partial charge in [-0.25, -0.2) is 20.1 Å². The van der Waals surface area contributed by atoms with E-state index in [1.54, 1.807) is 20.8 Å². The molecule has 0 aliphatic carbocycles. The highest BCUT2D eigenvalue weighted by Crippen LogP contribution is 2.28. The average molecular weight is 372 g/mol. The van der Waals surface area contributed by atoms with Gasteiger partial charge in [0.05, 0.1) is 12.6 Å². The van der Waals surface area contributed by atoms with Gasteiger partial charge in [-0.05, 0) is 40.5 Å². The number of fused-ring (bicyclic) bond motifs is 2. The first-order valence-corrected chi connectivity index (χ1v) is 8.82. The minimum absolute atomic E-state index is 0.0915. The Balaban J connectivity index is 1.74. The van der Waals surface area contributed by atoms with Gasteiger partial charge in [-0.1, -0.05) is 0 Å². The summed E-state index contributed by atoms with van der Waals surface area (Å²) in [6.45, 7) is 8.31. The molecule has 4 amide bonds. The van der Waals surface area contributed by atoms with Gasteiger partial charge < -0.3 is 14.5 Å². The highest BCUT2D eigenvalue weighted by molar-refractivity contribution is 5.87. The number of carbonyl (C=O) groups excluding carboxylic acids is 3.